The molecule has 7 heteroatoms. The lowest BCUT2D eigenvalue weighted by molar-refractivity contribution is -0.134. The van der Waals surface area contributed by atoms with Gasteiger partial charge in [0.1, 0.15) is 6.54 Å². The Morgan fingerprint density at radius 3 is 2.37 bits per heavy atom. The first kappa shape index (κ1) is 20.2. The summed E-state index contributed by atoms with van der Waals surface area (Å²) in [5.74, 6) is -1.33. The molecule has 1 saturated heterocycles. The van der Waals surface area contributed by atoms with Crippen molar-refractivity contribution in [3.8, 4) is 11.3 Å². The van der Waals surface area contributed by atoms with Crippen LogP contribution in [0, 0.1) is 23.5 Å². The first-order chi connectivity index (χ1) is 14.3. The third-order valence-corrected chi connectivity index (χ3v) is 5.57. The monoisotopic (exact) mass is 411 g/mol. The molecule has 0 saturated carbocycles. The molecule has 156 valence electrons. The Bertz CT molecular complexity index is 1160. The molecular formula is C23H23F2N3O2. The van der Waals surface area contributed by atoms with Gasteiger partial charge in [0.2, 0.25) is 5.91 Å². The normalized spacial score (nSPS) is 19.3. The van der Waals surface area contributed by atoms with E-state index >= 15 is 0 Å². The molecule has 1 aliphatic rings. The maximum absolute atomic E-state index is 13.8. The number of hydrogen-bond acceptors (Lipinski definition) is 3. The molecule has 1 aromatic heterocycles. The van der Waals surface area contributed by atoms with Crippen LogP contribution in [0.4, 0.5) is 8.78 Å². The van der Waals surface area contributed by atoms with Gasteiger partial charge in [0.25, 0.3) is 5.56 Å². The third-order valence-electron chi connectivity index (χ3n) is 5.57. The predicted octanol–water partition coefficient (Wildman–Crippen LogP) is 3.85. The number of hydrogen-bond donors (Lipinski definition) is 0. The molecule has 4 rings (SSSR count). The molecule has 2 heterocycles. The van der Waals surface area contributed by atoms with E-state index in [1.165, 1.54) is 6.07 Å². The van der Waals surface area contributed by atoms with Crippen LogP contribution in [0.2, 0.25) is 0 Å². The number of carbonyl (C=O) groups excluding carboxylic acids is 1. The standard InChI is InChI=1S/C23H23F2N3O2/c1-14-9-15(2)12-27(11-14)21(29)13-28-23(30)18-6-4-3-5-17(18)22(26-28)16-7-8-19(24)20(25)10-16/h3-8,10,14-15H,9,11-13H2,1-2H3. The van der Waals surface area contributed by atoms with Crippen LogP contribution < -0.4 is 5.56 Å². The molecule has 1 aliphatic heterocycles. The van der Waals surface area contributed by atoms with Gasteiger partial charge in [0.15, 0.2) is 11.6 Å². The van der Waals surface area contributed by atoms with E-state index < -0.39 is 11.6 Å². The fourth-order valence-corrected chi connectivity index (χ4v) is 4.29. The molecule has 2 atom stereocenters. The summed E-state index contributed by atoms with van der Waals surface area (Å²) in [4.78, 5) is 27.7. The number of fused-ring (bicyclic) bond motifs is 1. The van der Waals surface area contributed by atoms with Crippen LogP contribution in [0.1, 0.15) is 20.3 Å². The van der Waals surface area contributed by atoms with E-state index in [0.717, 1.165) is 23.2 Å². The van der Waals surface area contributed by atoms with Crippen molar-refractivity contribution in [2.24, 2.45) is 11.8 Å². The Kier molecular flexibility index (Phi) is 5.37. The van der Waals surface area contributed by atoms with E-state index in [1.807, 2.05) is 0 Å². The molecular weight excluding hydrogens is 388 g/mol. The quantitative estimate of drug-likeness (QED) is 0.658. The van der Waals surface area contributed by atoms with Crippen LogP contribution in [-0.2, 0) is 11.3 Å². The predicted molar refractivity (Wildman–Crippen MR) is 111 cm³/mol. The number of nitrogens with zero attached hydrogens (tertiary/aromatic N) is 3. The zero-order valence-electron chi connectivity index (χ0n) is 16.9. The van der Waals surface area contributed by atoms with Crippen LogP contribution in [0.15, 0.2) is 47.3 Å². The van der Waals surface area contributed by atoms with Gasteiger partial charge in [-0.1, -0.05) is 32.0 Å². The molecule has 2 aromatic carbocycles. The van der Waals surface area contributed by atoms with Crippen molar-refractivity contribution >= 4 is 16.7 Å². The summed E-state index contributed by atoms with van der Waals surface area (Å²) in [7, 11) is 0. The Labute approximate surface area is 172 Å². The molecule has 0 bridgehead atoms. The number of amides is 1. The van der Waals surface area contributed by atoms with Gasteiger partial charge >= 0.3 is 0 Å². The number of halogens is 2. The molecule has 2 unspecified atom stereocenters. The van der Waals surface area contributed by atoms with Crippen molar-refractivity contribution in [3.63, 3.8) is 0 Å². The largest absolute Gasteiger partial charge is 0.341 e. The molecule has 0 aliphatic carbocycles. The van der Waals surface area contributed by atoms with Crippen molar-refractivity contribution in [1.82, 2.24) is 14.7 Å². The number of benzene rings is 2. The van der Waals surface area contributed by atoms with Crippen molar-refractivity contribution in [1.29, 1.82) is 0 Å². The van der Waals surface area contributed by atoms with Gasteiger partial charge in [-0.2, -0.15) is 5.10 Å². The van der Waals surface area contributed by atoms with E-state index in [0.29, 0.717) is 47.0 Å². The Morgan fingerprint density at radius 1 is 1.03 bits per heavy atom. The second kappa shape index (κ2) is 7.97. The molecule has 0 N–H and O–H groups in total. The SMILES string of the molecule is CC1CC(C)CN(C(=O)Cn2nc(-c3ccc(F)c(F)c3)c3ccccc3c2=O)C1. The van der Waals surface area contributed by atoms with E-state index in [-0.39, 0.29) is 18.0 Å². The van der Waals surface area contributed by atoms with Crippen LogP contribution in [-0.4, -0.2) is 33.7 Å². The van der Waals surface area contributed by atoms with Gasteiger partial charge in [-0.15, -0.1) is 0 Å². The fraction of sp³-hybridized carbons (Fsp3) is 0.348. The van der Waals surface area contributed by atoms with Crippen molar-refractivity contribution in [2.75, 3.05) is 13.1 Å². The second-order valence-corrected chi connectivity index (χ2v) is 8.23. The maximum Gasteiger partial charge on any atom is 0.275 e. The summed E-state index contributed by atoms with van der Waals surface area (Å²) >= 11 is 0. The number of carbonyl (C=O) groups is 1. The summed E-state index contributed by atoms with van der Waals surface area (Å²) in [5, 5.41) is 5.28. The lowest BCUT2D eigenvalue weighted by atomic mass is 9.92. The van der Waals surface area contributed by atoms with E-state index in [9.17, 15) is 18.4 Å². The summed E-state index contributed by atoms with van der Waals surface area (Å²) in [5.41, 5.74) is 0.284. The summed E-state index contributed by atoms with van der Waals surface area (Å²) in [6.45, 7) is 5.33. The number of rotatable bonds is 3. The first-order valence-corrected chi connectivity index (χ1v) is 10.1. The molecule has 30 heavy (non-hydrogen) atoms. The van der Waals surface area contributed by atoms with Crippen LogP contribution in [0.3, 0.4) is 0 Å². The minimum Gasteiger partial charge on any atom is -0.341 e. The van der Waals surface area contributed by atoms with Gasteiger partial charge in [-0.25, -0.2) is 13.5 Å². The van der Waals surface area contributed by atoms with Crippen LogP contribution in [0.25, 0.3) is 22.0 Å². The van der Waals surface area contributed by atoms with Gasteiger partial charge in [0, 0.05) is 24.0 Å². The topological polar surface area (TPSA) is 55.2 Å². The van der Waals surface area contributed by atoms with Gasteiger partial charge in [-0.3, -0.25) is 9.59 Å². The minimum atomic E-state index is -0.997. The number of piperidine rings is 1. The van der Waals surface area contributed by atoms with Crippen molar-refractivity contribution < 1.29 is 13.6 Å². The fourth-order valence-electron chi connectivity index (χ4n) is 4.29. The zero-order chi connectivity index (χ0) is 21.4. The molecule has 1 fully saturated rings. The minimum absolute atomic E-state index is 0.172. The van der Waals surface area contributed by atoms with E-state index in [4.69, 9.17) is 0 Å². The molecule has 1 amide bonds. The van der Waals surface area contributed by atoms with Gasteiger partial charge in [-0.05, 0) is 42.5 Å². The highest BCUT2D eigenvalue weighted by Crippen LogP contribution is 2.26. The Hall–Kier alpha value is -3.09. The highest BCUT2D eigenvalue weighted by Gasteiger charge is 2.26. The van der Waals surface area contributed by atoms with Crippen LogP contribution >= 0.6 is 0 Å². The highest BCUT2D eigenvalue weighted by molar-refractivity contribution is 5.93. The van der Waals surface area contributed by atoms with Crippen molar-refractivity contribution in [3.05, 3.63) is 64.5 Å². The maximum atomic E-state index is 13.8. The summed E-state index contributed by atoms with van der Waals surface area (Å²) in [6.07, 6.45) is 1.07. The summed E-state index contributed by atoms with van der Waals surface area (Å²) in [6, 6.07) is 10.3. The molecule has 3 aromatic rings. The average molecular weight is 411 g/mol. The molecule has 0 spiro atoms. The average Bonchev–Trinajstić information content (AvgIpc) is 2.71. The lowest BCUT2D eigenvalue weighted by Gasteiger charge is -2.35. The van der Waals surface area contributed by atoms with E-state index in [2.05, 4.69) is 18.9 Å². The summed E-state index contributed by atoms with van der Waals surface area (Å²) < 4.78 is 28.4. The Balaban J connectivity index is 1.77. The van der Waals surface area contributed by atoms with Crippen LogP contribution in [0.5, 0.6) is 0 Å². The number of aromatic nitrogens is 2. The highest BCUT2D eigenvalue weighted by atomic mass is 19.2. The zero-order valence-corrected chi connectivity index (χ0v) is 16.9. The lowest BCUT2D eigenvalue weighted by Crippen LogP contribution is -2.45. The van der Waals surface area contributed by atoms with Gasteiger partial charge < -0.3 is 4.90 Å². The second-order valence-electron chi connectivity index (χ2n) is 8.23. The number of likely N-dealkylation sites (tertiary alicyclic amines) is 1. The first-order valence-electron chi connectivity index (χ1n) is 10.1. The Morgan fingerprint density at radius 2 is 1.70 bits per heavy atom. The smallest absolute Gasteiger partial charge is 0.275 e. The third kappa shape index (κ3) is 3.84. The molecule has 0 radical (unpaired) electrons. The van der Waals surface area contributed by atoms with Crippen molar-refractivity contribution in [2.45, 2.75) is 26.8 Å². The molecule has 5 nitrogen and oxygen atoms in total. The van der Waals surface area contributed by atoms with E-state index in [1.54, 1.807) is 29.2 Å². The van der Waals surface area contributed by atoms with Gasteiger partial charge in [0.05, 0.1) is 11.1 Å².